The van der Waals surface area contributed by atoms with Crippen LogP contribution in [0, 0.1) is 12.7 Å². The highest BCUT2D eigenvalue weighted by atomic mass is 19.1. The van der Waals surface area contributed by atoms with E-state index in [2.05, 4.69) is 20.6 Å². The number of amides is 1. The van der Waals surface area contributed by atoms with Gasteiger partial charge < -0.3 is 4.42 Å². The molecule has 0 aliphatic rings. The number of nitrogens with one attached hydrogen (secondary N) is 1. The van der Waals surface area contributed by atoms with Crippen molar-refractivity contribution in [1.82, 2.24) is 20.0 Å². The summed E-state index contributed by atoms with van der Waals surface area (Å²) in [6.45, 7) is 1.77. The van der Waals surface area contributed by atoms with Gasteiger partial charge in [0.05, 0.1) is 0 Å². The Kier molecular flexibility index (Phi) is 3.42. The number of nitrogens with zero attached hydrogens (tertiary/aromatic N) is 4. The smallest absolute Gasteiger partial charge is 0.322 e. The van der Waals surface area contributed by atoms with Crippen LogP contribution in [0.15, 0.2) is 34.9 Å². The lowest BCUT2D eigenvalue weighted by molar-refractivity contribution is 0.101. The van der Waals surface area contributed by atoms with E-state index in [9.17, 15) is 9.18 Å². The minimum Gasteiger partial charge on any atom is -0.403 e. The number of carbonyl (C=O) groups excluding carboxylic acids is 1. The zero-order valence-electron chi connectivity index (χ0n) is 11.9. The van der Waals surface area contributed by atoms with Gasteiger partial charge in [0.15, 0.2) is 5.69 Å². The van der Waals surface area contributed by atoms with Gasteiger partial charge in [0.25, 0.3) is 5.91 Å². The van der Waals surface area contributed by atoms with Gasteiger partial charge in [0.2, 0.25) is 5.89 Å². The number of hydrogen-bond acceptors (Lipinski definition) is 5. The zero-order chi connectivity index (χ0) is 15.7. The molecule has 1 N–H and O–H groups in total. The van der Waals surface area contributed by atoms with Crippen LogP contribution in [0.5, 0.6) is 0 Å². The molecule has 2 heterocycles. The summed E-state index contributed by atoms with van der Waals surface area (Å²) in [5.74, 6) is -0.745. The predicted molar refractivity (Wildman–Crippen MR) is 75.6 cm³/mol. The lowest BCUT2D eigenvalue weighted by Gasteiger charge is -1.98. The summed E-state index contributed by atoms with van der Waals surface area (Å²) in [6, 6.07) is 5.67. The molecule has 8 heteroatoms. The van der Waals surface area contributed by atoms with Gasteiger partial charge in [0.1, 0.15) is 5.82 Å². The Morgan fingerprint density at radius 2 is 2.18 bits per heavy atom. The van der Waals surface area contributed by atoms with Crippen LogP contribution in [-0.4, -0.2) is 25.9 Å². The van der Waals surface area contributed by atoms with E-state index in [0.29, 0.717) is 5.56 Å². The van der Waals surface area contributed by atoms with Crippen molar-refractivity contribution >= 4 is 11.9 Å². The van der Waals surface area contributed by atoms with Gasteiger partial charge in [-0.2, -0.15) is 5.10 Å². The second-order valence-corrected chi connectivity index (χ2v) is 4.71. The van der Waals surface area contributed by atoms with Crippen LogP contribution in [0.4, 0.5) is 10.4 Å². The Hall–Kier alpha value is -3.03. The Bertz CT molecular complexity index is 839. The summed E-state index contributed by atoms with van der Waals surface area (Å²) < 4.78 is 20.0. The second kappa shape index (κ2) is 5.40. The number of benzene rings is 1. The first-order chi connectivity index (χ1) is 10.5. The average molecular weight is 301 g/mol. The fraction of sp³-hybridized carbons (Fsp3) is 0.143. The first kappa shape index (κ1) is 13.9. The monoisotopic (exact) mass is 301 g/mol. The Morgan fingerprint density at radius 3 is 2.86 bits per heavy atom. The van der Waals surface area contributed by atoms with Crippen molar-refractivity contribution in [3.8, 4) is 11.5 Å². The molecule has 112 valence electrons. The van der Waals surface area contributed by atoms with Crippen molar-refractivity contribution in [2.45, 2.75) is 6.92 Å². The molecule has 0 saturated heterocycles. The van der Waals surface area contributed by atoms with E-state index < -0.39 is 11.7 Å². The number of rotatable bonds is 3. The van der Waals surface area contributed by atoms with E-state index in [1.807, 2.05) is 0 Å². The standard InChI is InChI=1S/C14H12FN5O2/c1-8-7-20(2)19-11(8)12(21)16-14-18-17-13(22-14)9-4-3-5-10(15)6-9/h3-7H,1-2H3,(H,16,18,21). The van der Waals surface area contributed by atoms with E-state index in [4.69, 9.17) is 4.42 Å². The van der Waals surface area contributed by atoms with E-state index in [0.717, 1.165) is 5.56 Å². The van der Waals surface area contributed by atoms with Crippen LogP contribution in [-0.2, 0) is 7.05 Å². The van der Waals surface area contributed by atoms with Gasteiger partial charge in [-0.1, -0.05) is 11.2 Å². The van der Waals surface area contributed by atoms with Gasteiger partial charge in [-0.15, -0.1) is 5.10 Å². The molecule has 7 nitrogen and oxygen atoms in total. The number of anilines is 1. The Morgan fingerprint density at radius 1 is 1.36 bits per heavy atom. The highest BCUT2D eigenvalue weighted by Crippen LogP contribution is 2.20. The molecule has 0 radical (unpaired) electrons. The first-order valence-corrected chi connectivity index (χ1v) is 6.44. The molecular formula is C14H12FN5O2. The first-order valence-electron chi connectivity index (χ1n) is 6.44. The molecule has 0 atom stereocenters. The lowest BCUT2D eigenvalue weighted by Crippen LogP contribution is -2.14. The van der Waals surface area contributed by atoms with Crippen LogP contribution in [0.2, 0.25) is 0 Å². The largest absolute Gasteiger partial charge is 0.403 e. The van der Waals surface area contributed by atoms with Crippen LogP contribution in [0.25, 0.3) is 11.5 Å². The third-order valence-electron chi connectivity index (χ3n) is 2.94. The fourth-order valence-electron chi connectivity index (χ4n) is 2.00. The molecule has 1 amide bonds. The molecule has 2 aromatic heterocycles. The Labute approximate surface area is 124 Å². The van der Waals surface area contributed by atoms with Crippen LogP contribution < -0.4 is 5.32 Å². The van der Waals surface area contributed by atoms with Gasteiger partial charge >= 0.3 is 6.01 Å². The van der Waals surface area contributed by atoms with Crippen molar-refractivity contribution in [3.63, 3.8) is 0 Å². The number of halogens is 1. The molecular weight excluding hydrogens is 289 g/mol. The normalized spacial score (nSPS) is 10.7. The minimum absolute atomic E-state index is 0.0747. The molecule has 0 saturated carbocycles. The van der Waals surface area contributed by atoms with Crippen molar-refractivity contribution in [2.75, 3.05) is 5.32 Å². The molecule has 0 aliphatic heterocycles. The fourth-order valence-corrected chi connectivity index (χ4v) is 2.00. The van der Waals surface area contributed by atoms with Crippen LogP contribution in [0.1, 0.15) is 16.1 Å². The second-order valence-electron chi connectivity index (χ2n) is 4.71. The molecule has 0 spiro atoms. The van der Waals surface area contributed by atoms with Gasteiger partial charge in [-0.3, -0.25) is 14.8 Å². The van der Waals surface area contributed by atoms with Crippen molar-refractivity contribution in [1.29, 1.82) is 0 Å². The summed E-state index contributed by atoms with van der Waals surface area (Å²) >= 11 is 0. The Balaban J connectivity index is 1.80. The number of aromatic nitrogens is 4. The van der Waals surface area contributed by atoms with E-state index in [1.165, 1.54) is 22.9 Å². The van der Waals surface area contributed by atoms with Gasteiger partial charge in [-0.25, -0.2) is 4.39 Å². The summed E-state index contributed by atoms with van der Waals surface area (Å²) in [5.41, 5.74) is 1.43. The minimum atomic E-state index is -0.451. The topological polar surface area (TPSA) is 85.8 Å². The number of hydrogen-bond donors (Lipinski definition) is 1. The molecule has 0 bridgehead atoms. The van der Waals surface area contributed by atoms with Crippen LogP contribution in [0.3, 0.4) is 0 Å². The maximum Gasteiger partial charge on any atom is 0.322 e. The molecule has 0 aliphatic carbocycles. The number of aryl methyl sites for hydroxylation is 2. The molecule has 22 heavy (non-hydrogen) atoms. The molecule has 3 rings (SSSR count). The molecule has 0 unspecified atom stereocenters. The van der Waals surface area contributed by atoms with Crippen molar-refractivity contribution in [3.05, 3.63) is 47.5 Å². The maximum atomic E-state index is 13.2. The molecule has 0 fully saturated rings. The highest BCUT2D eigenvalue weighted by Gasteiger charge is 2.17. The molecule has 3 aromatic rings. The van der Waals surface area contributed by atoms with Crippen molar-refractivity contribution < 1.29 is 13.6 Å². The highest BCUT2D eigenvalue weighted by molar-refractivity contribution is 6.02. The lowest BCUT2D eigenvalue weighted by atomic mass is 10.2. The van der Waals surface area contributed by atoms with Gasteiger partial charge in [-0.05, 0) is 25.1 Å². The third kappa shape index (κ3) is 2.71. The quantitative estimate of drug-likeness (QED) is 0.801. The SMILES string of the molecule is Cc1cn(C)nc1C(=O)Nc1nnc(-c2cccc(F)c2)o1. The maximum absolute atomic E-state index is 13.2. The van der Waals surface area contributed by atoms with Crippen LogP contribution >= 0.6 is 0 Å². The van der Waals surface area contributed by atoms with E-state index >= 15 is 0 Å². The zero-order valence-corrected chi connectivity index (χ0v) is 11.9. The summed E-state index contributed by atoms with van der Waals surface area (Å²) in [7, 11) is 1.72. The predicted octanol–water partition coefficient (Wildman–Crippen LogP) is 2.17. The average Bonchev–Trinajstić information content (AvgIpc) is 3.05. The third-order valence-corrected chi connectivity index (χ3v) is 2.94. The summed E-state index contributed by atoms with van der Waals surface area (Å²) in [4.78, 5) is 12.1. The summed E-state index contributed by atoms with van der Waals surface area (Å²) in [6.07, 6.45) is 1.72. The van der Waals surface area contributed by atoms with E-state index in [-0.39, 0.29) is 17.6 Å². The van der Waals surface area contributed by atoms with E-state index in [1.54, 1.807) is 26.2 Å². The number of carbonyl (C=O) groups is 1. The summed E-state index contributed by atoms with van der Waals surface area (Å²) in [5, 5.41) is 14.0. The van der Waals surface area contributed by atoms with Gasteiger partial charge in [0, 0.05) is 24.4 Å². The van der Waals surface area contributed by atoms with Crippen molar-refractivity contribution in [2.24, 2.45) is 7.05 Å². The molecule has 1 aromatic carbocycles.